The Bertz CT molecular complexity index is 397. The lowest BCUT2D eigenvalue weighted by Gasteiger charge is -2.35. The molecule has 2 rings (SSSR count). The number of aromatic hydroxyl groups is 2. The monoisotopic (exact) mass is 288 g/mol. The molecule has 1 heterocycles. The summed E-state index contributed by atoms with van der Waals surface area (Å²) in [6, 6.07) is 4.49. The standard InChI is InChI=1S/C13H20N2O3.ClH/c16-8-3-12(15-6-4-14-5-7-15)11-9-10(17)1-2-13(11)18;/h1-2,9,12,14,16-18H,3-8H2;1H/t12-;/m1./s1. The predicted octanol–water partition coefficient (Wildman–Crippen LogP) is 0.848. The summed E-state index contributed by atoms with van der Waals surface area (Å²) in [5.41, 5.74) is 0.686. The van der Waals surface area contributed by atoms with Crippen LogP contribution in [0.2, 0.25) is 0 Å². The van der Waals surface area contributed by atoms with E-state index in [1.807, 2.05) is 0 Å². The highest BCUT2D eigenvalue weighted by Gasteiger charge is 2.24. The van der Waals surface area contributed by atoms with Crippen LogP contribution in [0.5, 0.6) is 11.5 Å². The van der Waals surface area contributed by atoms with Gasteiger partial charge >= 0.3 is 0 Å². The van der Waals surface area contributed by atoms with Crippen molar-refractivity contribution in [2.45, 2.75) is 12.5 Å². The second-order valence-corrected chi connectivity index (χ2v) is 4.56. The fourth-order valence-electron chi connectivity index (χ4n) is 2.46. The minimum absolute atomic E-state index is 0. The lowest BCUT2D eigenvalue weighted by Crippen LogP contribution is -2.45. The average Bonchev–Trinajstić information content (AvgIpc) is 2.40. The molecule has 0 aliphatic carbocycles. The highest BCUT2D eigenvalue weighted by Crippen LogP contribution is 2.33. The molecule has 1 aromatic rings. The summed E-state index contributed by atoms with van der Waals surface area (Å²) in [5.74, 6) is 0.311. The quantitative estimate of drug-likeness (QED) is 0.618. The largest absolute Gasteiger partial charge is 0.508 e. The molecule has 0 amide bonds. The molecule has 1 saturated heterocycles. The van der Waals surface area contributed by atoms with Crippen molar-refractivity contribution in [2.75, 3.05) is 32.8 Å². The van der Waals surface area contributed by atoms with Crippen LogP contribution in [0.15, 0.2) is 18.2 Å². The topological polar surface area (TPSA) is 76.0 Å². The Morgan fingerprint density at radius 2 is 1.89 bits per heavy atom. The lowest BCUT2D eigenvalue weighted by atomic mass is 10.00. The van der Waals surface area contributed by atoms with E-state index in [9.17, 15) is 15.3 Å². The van der Waals surface area contributed by atoms with Gasteiger partial charge in [-0.1, -0.05) is 0 Å². The van der Waals surface area contributed by atoms with Crippen LogP contribution in [-0.2, 0) is 0 Å². The number of hydrogen-bond donors (Lipinski definition) is 4. The van der Waals surface area contributed by atoms with Crippen LogP contribution in [0.4, 0.5) is 0 Å². The number of rotatable bonds is 4. The zero-order valence-corrected chi connectivity index (χ0v) is 11.6. The van der Waals surface area contributed by atoms with Gasteiger partial charge in [-0.2, -0.15) is 0 Å². The molecule has 1 aliphatic heterocycles. The zero-order chi connectivity index (χ0) is 13.0. The van der Waals surface area contributed by atoms with Crippen molar-refractivity contribution in [1.29, 1.82) is 0 Å². The number of piperazine rings is 1. The molecular weight excluding hydrogens is 268 g/mol. The first-order valence-electron chi connectivity index (χ1n) is 6.30. The average molecular weight is 289 g/mol. The summed E-state index contributed by atoms with van der Waals surface area (Å²) < 4.78 is 0. The number of halogens is 1. The Hall–Kier alpha value is -1.01. The van der Waals surface area contributed by atoms with Crippen LogP contribution < -0.4 is 5.32 Å². The van der Waals surface area contributed by atoms with Crippen molar-refractivity contribution in [3.8, 4) is 11.5 Å². The molecule has 1 fully saturated rings. The van der Waals surface area contributed by atoms with Gasteiger partial charge in [-0.15, -0.1) is 12.4 Å². The van der Waals surface area contributed by atoms with Crippen LogP contribution in [0, 0.1) is 0 Å². The Balaban J connectivity index is 0.00000180. The van der Waals surface area contributed by atoms with Crippen LogP contribution >= 0.6 is 12.4 Å². The molecule has 1 aromatic carbocycles. The number of aliphatic hydroxyl groups is 1. The second-order valence-electron chi connectivity index (χ2n) is 4.56. The van der Waals surface area contributed by atoms with Crippen molar-refractivity contribution in [2.24, 2.45) is 0 Å². The van der Waals surface area contributed by atoms with Crippen molar-refractivity contribution < 1.29 is 15.3 Å². The Morgan fingerprint density at radius 1 is 1.21 bits per heavy atom. The summed E-state index contributed by atoms with van der Waals surface area (Å²) in [7, 11) is 0. The van der Waals surface area contributed by atoms with Gasteiger partial charge in [0.25, 0.3) is 0 Å². The normalized spacial score (nSPS) is 17.7. The fraction of sp³-hybridized carbons (Fsp3) is 0.538. The van der Waals surface area contributed by atoms with E-state index in [1.54, 1.807) is 6.07 Å². The van der Waals surface area contributed by atoms with E-state index in [0.717, 1.165) is 26.2 Å². The molecule has 0 radical (unpaired) electrons. The minimum Gasteiger partial charge on any atom is -0.508 e. The summed E-state index contributed by atoms with van der Waals surface area (Å²) >= 11 is 0. The molecule has 108 valence electrons. The highest BCUT2D eigenvalue weighted by atomic mass is 35.5. The second kappa shape index (κ2) is 7.55. The number of phenolic OH excluding ortho intramolecular Hbond substituents is 2. The van der Waals surface area contributed by atoms with Gasteiger partial charge in [-0.3, -0.25) is 4.90 Å². The maximum atomic E-state index is 9.93. The van der Waals surface area contributed by atoms with Crippen molar-refractivity contribution in [3.63, 3.8) is 0 Å². The van der Waals surface area contributed by atoms with E-state index < -0.39 is 0 Å². The third-order valence-electron chi connectivity index (χ3n) is 3.37. The maximum absolute atomic E-state index is 9.93. The van der Waals surface area contributed by atoms with Gasteiger partial charge in [0.05, 0.1) is 0 Å². The molecular formula is C13H21ClN2O3. The van der Waals surface area contributed by atoms with Crippen LogP contribution in [0.3, 0.4) is 0 Å². The predicted molar refractivity (Wildman–Crippen MR) is 75.9 cm³/mol. The molecule has 0 spiro atoms. The first kappa shape index (κ1) is 16.0. The van der Waals surface area contributed by atoms with E-state index in [2.05, 4.69) is 10.2 Å². The van der Waals surface area contributed by atoms with Gasteiger partial charge in [0, 0.05) is 44.4 Å². The van der Waals surface area contributed by atoms with Crippen molar-refractivity contribution in [3.05, 3.63) is 23.8 Å². The van der Waals surface area contributed by atoms with E-state index in [-0.39, 0.29) is 36.6 Å². The van der Waals surface area contributed by atoms with Gasteiger partial charge < -0.3 is 20.6 Å². The number of hydrogen-bond acceptors (Lipinski definition) is 5. The van der Waals surface area contributed by atoms with Gasteiger partial charge in [-0.05, 0) is 24.6 Å². The molecule has 19 heavy (non-hydrogen) atoms. The summed E-state index contributed by atoms with van der Waals surface area (Å²) in [6.45, 7) is 3.62. The van der Waals surface area contributed by atoms with Crippen molar-refractivity contribution >= 4 is 12.4 Å². The molecule has 4 N–H and O–H groups in total. The minimum atomic E-state index is -0.0517. The smallest absolute Gasteiger partial charge is 0.120 e. The molecule has 1 aliphatic rings. The molecule has 6 heteroatoms. The molecule has 0 aromatic heterocycles. The first-order chi connectivity index (χ1) is 8.72. The van der Waals surface area contributed by atoms with E-state index >= 15 is 0 Å². The number of benzene rings is 1. The van der Waals surface area contributed by atoms with Gasteiger partial charge in [-0.25, -0.2) is 0 Å². The van der Waals surface area contributed by atoms with E-state index in [1.165, 1.54) is 12.1 Å². The van der Waals surface area contributed by atoms with Crippen LogP contribution in [0.1, 0.15) is 18.0 Å². The number of phenols is 2. The number of aliphatic hydroxyl groups excluding tert-OH is 1. The van der Waals surface area contributed by atoms with Gasteiger partial charge in [0.2, 0.25) is 0 Å². The van der Waals surface area contributed by atoms with Gasteiger partial charge in [0.1, 0.15) is 11.5 Å². The number of nitrogens with zero attached hydrogens (tertiary/aromatic N) is 1. The Morgan fingerprint density at radius 3 is 2.53 bits per heavy atom. The van der Waals surface area contributed by atoms with Crippen LogP contribution in [0.25, 0.3) is 0 Å². The van der Waals surface area contributed by atoms with Gasteiger partial charge in [0.15, 0.2) is 0 Å². The summed E-state index contributed by atoms with van der Waals surface area (Å²) in [6.07, 6.45) is 0.553. The fourth-order valence-corrected chi connectivity index (χ4v) is 2.46. The SMILES string of the molecule is Cl.OCC[C@H](c1cc(O)ccc1O)N1CCNCC1. The maximum Gasteiger partial charge on any atom is 0.120 e. The van der Waals surface area contributed by atoms with E-state index in [4.69, 9.17) is 0 Å². The zero-order valence-electron chi connectivity index (χ0n) is 10.7. The first-order valence-corrected chi connectivity index (χ1v) is 6.30. The summed E-state index contributed by atoms with van der Waals surface area (Å²) in [5, 5.41) is 32.0. The third kappa shape index (κ3) is 3.98. The van der Waals surface area contributed by atoms with E-state index in [0.29, 0.717) is 12.0 Å². The molecule has 1 atom stereocenters. The molecule has 0 saturated carbocycles. The third-order valence-corrected chi connectivity index (χ3v) is 3.37. The number of nitrogens with one attached hydrogen (secondary N) is 1. The molecule has 5 nitrogen and oxygen atoms in total. The molecule has 0 unspecified atom stereocenters. The Labute approximate surface area is 119 Å². The highest BCUT2D eigenvalue weighted by molar-refractivity contribution is 5.85. The molecule has 0 bridgehead atoms. The Kier molecular flexibility index (Phi) is 6.37. The van der Waals surface area contributed by atoms with Crippen molar-refractivity contribution in [1.82, 2.24) is 10.2 Å². The van der Waals surface area contributed by atoms with Crippen LogP contribution in [-0.4, -0.2) is 53.0 Å². The lowest BCUT2D eigenvalue weighted by molar-refractivity contribution is 0.139. The summed E-state index contributed by atoms with van der Waals surface area (Å²) in [4.78, 5) is 2.22.